The van der Waals surface area contributed by atoms with E-state index in [0.717, 1.165) is 11.3 Å². The molecule has 1 saturated heterocycles. The molecule has 15 heteroatoms. The first-order valence-electron chi connectivity index (χ1n) is 11.0. The minimum atomic E-state index is -4.70. The number of aryl methyl sites for hydroxylation is 1. The second-order valence-corrected chi connectivity index (χ2v) is 12.2. The van der Waals surface area contributed by atoms with Gasteiger partial charge in [0.1, 0.15) is 21.2 Å². The van der Waals surface area contributed by atoms with E-state index in [9.17, 15) is 26.7 Å². The third kappa shape index (κ3) is 5.38. The molecule has 10 nitrogen and oxygen atoms in total. The number of piperidine rings is 1. The van der Waals surface area contributed by atoms with Gasteiger partial charge in [-0.1, -0.05) is 6.92 Å². The third-order valence-electron chi connectivity index (χ3n) is 5.91. The van der Waals surface area contributed by atoms with Crippen molar-refractivity contribution in [1.82, 2.24) is 29.0 Å². The number of hydrogen-bond donors (Lipinski definition) is 2. The van der Waals surface area contributed by atoms with E-state index in [4.69, 9.17) is 0 Å². The number of halogens is 3. The van der Waals surface area contributed by atoms with E-state index in [2.05, 4.69) is 25.4 Å². The summed E-state index contributed by atoms with van der Waals surface area (Å²) >= 11 is 0.922. The van der Waals surface area contributed by atoms with Crippen LogP contribution in [0.25, 0.3) is 10.7 Å². The van der Waals surface area contributed by atoms with Gasteiger partial charge in [-0.3, -0.25) is 4.68 Å². The first kappa shape index (κ1) is 26.4. The fourth-order valence-electron chi connectivity index (χ4n) is 3.88. The topological polar surface area (TPSA) is 126 Å². The third-order valence-corrected chi connectivity index (χ3v) is 9.04. The summed E-state index contributed by atoms with van der Waals surface area (Å²) in [5, 5.41) is 17.2. The van der Waals surface area contributed by atoms with Gasteiger partial charge in [-0.15, -0.1) is 11.3 Å². The van der Waals surface area contributed by atoms with E-state index < -0.39 is 27.4 Å². The Kier molecular flexibility index (Phi) is 6.87. The molecule has 0 spiro atoms. The summed E-state index contributed by atoms with van der Waals surface area (Å²) in [5.41, 5.74) is -2.68. The molecule has 2 N–H and O–H groups in total. The van der Waals surface area contributed by atoms with Gasteiger partial charge >= 0.3 is 6.18 Å². The molecule has 196 valence electrons. The van der Waals surface area contributed by atoms with Gasteiger partial charge in [0, 0.05) is 44.8 Å². The predicted octanol–water partition coefficient (Wildman–Crippen LogP) is 3.09. The summed E-state index contributed by atoms with van der Waals surface area (Å²) in [5.74, 6) is -0.195. The largest absolute Gasteiger partial charge is 0.420 e. The maximum absolute atomic E-state index is 13.7. The quantitative estimate of drug-likeness (QED) is 0.484. The van der Waals surface area contributed by atoms with Crippen molar-refractivity contribution in [3.63, 3.8) is 0 Å². The monoisotopic (exact) mass is 545 g/mol. The van der Waals surface area contributed by atoms with Crippen molar-refractivity contribution in [2.45, 2.75) is 49.9 Å². The van der Waals surface area contributed by atoms with Gasteiger partial charge in [0.2, 0.25) is 16.0 Å². The minimum absolute atomic E-state index is 0.00957. The number of anilines is 1. The highest BCUT2D eigenvalue weighted by atomic mass is 32.2. The Bertz CT molecular complexity index is 1350. The Morgan fingerprint density at radius 1 is 1.19 bits per heavy atom. The number of sulfonamides is 1. The first-order valence-corrected chi connectivity index (χ1v) is 13.3. The summed E-state index contributed by atoms with van der Waals surface area (Å²) < 4.78 is 69.7. The van der Waals surface area contributed by atoms with Crippen LogP contribution in [0.2, 0.25) is 0 Å². The number of aromatic nitrogens is 5. The van der Waals surface area contributed by atoms with Gasteiger partial charge in [-0.05, 0) is 26.2 Å². The van der Waals surface area contributed by atoms with Gasteiger partial charge in [0.05, 0.1) is 16.7 Å². The maximum Gasteiger partial charge on any atom is 0.420 e. The maximum atomic E-state index is 13.7. The van der Waals surface area contributed by atoms with Gasteiger partial charge in [0.15, 0.2) is 0 Å². The zero-order valence-electron chi connectivity index (χ0n) is 20.0. The Hall–Kier alpha value is -2.62. The van der Waals surface area contributed by atoms with E-state index in [-0.39, 0.29) is 46.6 Å². The van der Waals surface area contributed by atoms with Crippen molar-refractivity contribution in [2.24, 2.45) is 13.0 Å². The molecule has 0 radical (unpaired) electrons. The van der Waals surface area contributed by atoms with Crippen LogP contribution < -0.4 is 5.32 Å². The molecule has 3 aromatic heterocycles. The molecule has 0 unspecified atom stereocenters. The van der Waals surface area contributed by atoms with Crippen LogP contribution in [0.4, 0.5) is 19.1 Å². The highest BCUT2D eigenvalue weighted by molar-refractivity contribution is 7.89. The average molecular weight is 546 g/mol. The average Bonchev–Trinajstić information content (AvgIpc) is 3.44. The first-order chi connectivity index (χ1) is 16.7. The zero-order chi connectivity index (χ0) is 26.5. The zero-order valence-corrected chi connectivity index (χ0v) is 21.6. The number of rotatable bonds is 6. The van der Waals surface area contributed by atoms with Crippen LogP contribution in [0.15, 0.2) is 29.7 Å². The number of nitrogens with zero attached hydrogens (tertiary/aromatic N) is 6. The molecule has 1 aliphatic rings. The van der Waals surface area contributed by atoms with Crippen molar-refractivity contribution in [3.8, 4) is 10.7 Å². The summed E-state index contributed by atoms with van der Waals surface area (Å²) in [4.78, 5) is 12.6. The summed E-state index contributed by atoms with van der Waals surface area (Å²) in [7, 11) is -2.07. The lowest BCUT2D eigenvalue weighted by Crippen LogP contribution is -2.47. The number of thiazole rings is 1. The van der Waals surface area contributed by atoms with Crippen LogP contribution in [-0.2, 0) is 28.8 Å². The summed E-state index contributed by atoms with van der Waals surface area (Å²) in [6.07, 6.45) is 0.472. The Morgan fingerprint density at radius 3 is 2.47 bits per heavy atom. The van der Waals surface area contributed by atoms with E-state index >= 15 is 0 Å². The molecule has 2 atom stereocenters. The highest BCUT2D eigenvalue weighted by Gasteiger charge is 2.38. The standard InChI is InChI=1S/C21H26F3N7O3S2/c1-12-10-31(36(33,34)13-7-27-30(4)11-13)6-5-15(12)28-19-26-8-14(21(22,23)24)17(29-19)18-25-9-16(35-18)20(2,3)32/h7-9,11-12,15,32H,5-6,10H2,1-4H3,(H,26,28,29)/t12-,15+/m1/s1. The van der Waals surface area contributed by atoms with E-state index in [1.54, 1.807) is 7.05 Å². The van der Waals surface area contributed by atoms with E-state index in [1.165, 1.54) is 41.4 Å². The Labute approximate surface area is 210 Å². The molecule has 4 rings (SSSR count). The van der Waals surface area contributed by atoms with Crippen molar-refractivity contribution in [2.75, 3.05) is 18.4 Å². The molecule has 1 aliphatic heterocycles. The van der Waals surface area contributed by atoms with E-state index in [0.29, 0.717) is 17.5 Å². The molecular formula is C21H26F3N7O3S2. The molecule has 36 heavy (non-hydrogen) atoms. The van der Waals surface area contributed by atoms with Crippen molar-refractivity contribution in [3.05, 3.63) is 35.2 Å². The van der Waals surface area contributed by atoms with Crippen molar-refractivity contribution >= 4 is 27.3 Å². The van der Waals surface area contributed by atoms with Crippen LogP contribution in [-0.4, -0.2) is 61.7 Å². The number of hydrogen-bond acceptors (Lipinski definition) is 9. The van der Waals surface area contributed by atoms with Crippen molar-refractivity contribution in [1.29, 1.82) is 0 Å². The van der Waals surface area contributed by atoms with Gasteiger partial charge < -0.3 is 10.4 Å². The number of nitrogens with one attached hydrogen (secondary N) is 1. The van der Waals surface area contributed by atoms with Crippen LogP contribution in [0.3, 0.4) is 0 Å². The molecule has 0 bridgehead atoms. The van der Waals surface area contributed by atoms with Gasteiger partial charge in [-0.25, -0.2) is 23.4 Å². The molecule has 4 heterocycles. The minimum Gasteiger partial charge on any atom is -0.385 e. The lowest BCUT2D eigenvalue weighted by atomic mass is 9.95. The highest BCUT2D eigenvalue weighted by Crippen LogP contribution is 2.39. The Morgan fingerprint density at radius 2 is 1.92 bits per heavy atom. The number of alkyl halides is 3. The molecule has 1 fully saturated rings. The molecule has 0 aromatic carbocycles. The SMILES string of the molecule is C[C@@H]1CN(S(=O)(=O)c2cnn(C)c2)CC[C@@H]1Nc1ncc(C(F)(F)F)c(-c2ncc(C(C)(C)O)s2)n1. The van der Waals surface area contributed by atoms with Crippen molar-refractivity contribution < 1.29 is 26.7 Å². The summed E-state index contributed by atoms with van der Waals surface area (Å²) in [6, 6.07) is -0.266. The molecule has 0 amide bonds. The fourth-order valence-corrected chi connectivity index (χ4v) is 6.34. The molecular weight excluding hydrogens is 519 g/mol. The normalized spacial score (nSPS) is 20.0. The molecule has 0 saturated carbocycles. The smallest absolute Gasteiger partial charge is 0.385 e. The van der Waals surface area contributed by atoms with E-state index in [1.807, 2.05) is 6.92 Å². The fraction of sp³-hybridized carbons (Fsp3) is 0.524. The van der Waals surface area contributed by atoms with Gasteiger partial charge in [0.25, 0.3) is 0 Å². The van der Waals surface area contributed by atoms with Gasteiger partial charge in [-0.2, -0.15) is 22.6 Å². The molecule has 3 aromatic rings. The second kappa shape index (κ2) is 9.36. The van der Waals surface area contributed by atoms with Crippen LogP contribution in [0.1, 0.15) is 37.6 Å². The number of aliphatic hydroxyl groups is 1. The Balaban J connectivity index is 1.56. The van der Waals surface area contributed by atoms with Crippen LogP contribution in [0.5, 0.6) is 0 Å². The molecule has 0 aliphatic carbocycles. The summed E-state index contributed by atoms with van der Waals surface area (Å²) in [6.45, 7) is 5.32. The predicted molar refractivity (Wildman–Crippen MR) is 127 cm³/mol. The second-order valence-electron chi connectivity index (χ2n) is 9.27. The lowest BCUT2D eigenvalue weighted by molar-refractivity contribution is -0.137. The lowest BCUT2D eigenvalue weighted by Gasteiger charge is -2.36. The van der Waals surface area contributed by atoms with Crippen LogP contribution >= 0.6 is 11.3 Å². The van der Waals surface area contributed by atoms with Crippen LogP contribution in [0, 0.1) is 5.92 Å².